The van der Waals surface area contributed by atoms with Gasteiger partial charge in [0.1, 0.15) is 0 Å². The van der Waals surface area contributed by atoms with Crippen LogP contribution in [0.5, 0.6) is 0 Å². The van der Waals surface area contributed by atoms with Gasteiger partial charge in [-0.25, -0.2) is 0 Å². The average molecular weight is 233 g/mol. The molecule has 0 bridgehead atoms. The molecule has 94 valence electrons. The summed E-state index contributed by atoms with van der Waals surface area (Å²) in [6.45, 7) is 6.23. The second kappa shape index (κ2) is 5.65. The molecule has 1 N–H and O–H groups in total. The van der Waals surface area contributed by atoms with Crippen LogP contribution in [0.4, 0.5) is 0 Å². The summed E-state index contributed by atoms with van der Waals surface area (Å²) in [5.74, 6) is 0.715. The Morgan fingerprint density at radius 3 is 2.88 bits per heavy atom. The highest BCUT2D eigenvalue weighted by atomic mass is 16.5. The van der Waals surface area contributed by atoms with Crippen LogP contribution in [-0.2, 0) is 4.74 Å². The molecule has 0 amide bonds. The Morgan fingerprint density at radius 2 is 2.24 bits per heavy atom. The van der Waals surface area contributed by atoms with Gasteiger partial charge < -0.3 is 10.1 Å². The van der Waals surface area contributed by atoms with Crippen molar-refractivity contribution in [2.45, 2.75) is 32.7 Å². The van der Waals surface area contributed by atoms with E-state index in [1.807, 2.05) is 0 Å². The molecule has 1 aromatic rings. The van der Waals surface area contributed by atoms with Crippen molar-refractivity contribution in [3.63, 3.8) is 0 Å². The van der Waals surface area contributed by atoms with Crippen LogP contribution in [0, 0.1) is 19.8 Å². The monoisotopic (exact) mass is 233 g/mol. The Morgan fingerprint density at radius 1 is 1.41 bits per heavy atom. The molecule has 0 radical (unpaired) electrons. The van der Waals surface area contributed by atoms with Crippen LogP contribution < -0.4 is 5.32 Å². The molecule has 1 aromatic carbocycles. The second-order valence-corrected chi connectivity index (χ2v) is 5.17. The molecule has 1 aliphatic rings. The smallest absolute Gasteiger partial charge is 0.0495 e. The summed E-state index contributed by atoms with van der Waals surface area (Å²) in [6, 6.07) is 7.18. The van der Waals surface area contributed by atoms with E-state index in [0.29, 0.717) is 12.0 Å². The van der Waals surface area contributed by atoms with E-state index in [1.54, 1.807) is 0 Å². The molecule has 2 nitrogen and oxygen atoms in total. The number of hydrogen-bond donors (Lipinski definition) is 1. The number of ether oxygens (including phenoxy) is 1. The first kappa shape index (κ1) is 12.6. The third kappa shape index (κ3) is 3.08. The van der Waals surface area contributed by atoms with Crippen molar-refractivity contribution in [1.82, 2.24) is 5.32 Å². The predicted octanol–water partition coefficient (Wildman–Crippen LogP) is 2.99. The highest BCUT2D eigenvalue weighted by molar-refractivity contribution is 5.33. The quantitative estimate of drug-likeness (QED) is 0.863. The summed E-state index contributed by atoms with van der Waals surface area (Å²) < 4.78 is 5.46. The van der Waals surface area contributed by atoms with Crippen LogP contribution in [0.15, 0.2) is 18.2 Å². The van der Waals surface area contributed by atoms with Gasteiger partial charge in [0.25, 0.3) is 0 Å². The summed E-state index contributed by atoms with van der Waals surface area (Å²) in [5, 5.41) is 3.46. The largest absolute Gasteiger partial charge is 0.381 e. The third-order valence-electron chi connectivity index (χ3n) is 3.75. The molecule has 0 aromatic heterocycles. The molecule has 2 unspecified atom stereocenters. The number of rotatable bonds is 4. The van der Waals surface area contributed by atoms with Crippen molar-refractivity contribution in [3.05, 3.63) is 34.9 Å². The van der Waals surface area contributed by atoms with Gasteiger partial charge in [-0.15, -0.1) is 0 Å². The van der Waals surface area contributed by atoms with Crippen LogP contribution in [-0.4, -0.2) is 20.3 Å². The van der Waals surface area contributed by atoms with Crippen molar-refractivity contribution in [2.75, 3.05) is 20.3 Å². The van der Waals surface area contributed by atoms with E-state index < -0.39 is 0 Å². The van der Waals surface area contributed by atoms with Crippen molar-refractivity contribution in [1.29, 1.82) is 0 Å². The van der Waals surface area contributed by atoms with E-state index >= 15 is 0 Å². The molecule has 2 rings (SSSR count). The lowest BCUT2D eigenvalue weighted by Crippen LogP contribution is -2.21. The van der Waals surface area contributed by atoms with Crippen molar-refractivity contribution in [2.24, 2.45) is 5.92 Å². The van der Waals surface area contributed by atoms with Gasteiger partial charge in [-0.1, -0.05) is 23.8 Å². The SMILES string of the molecule is CNC(CC1CCOC1)c1cc(C)ccc1C. The Balaban J connectivity index is 2.13. The molecule has 1 heterocycles. The van der Waals surface area contributed by atoms with Gasteiger partial charge >= 0.3 is 0 Å². The standard InChI is InChI=1S/C15H23NO/c1-11-4-5-12(2)14(8-11)15(16-3)9-13-6-7-17-10-13/h4-5,8,13,15-16H,6-7,9-10H2,1-3H3. The van der Waals surface area contributed by atoms with E-state index in [4.69, 9.17) is 4.74 Å². The second-order valence-electron chi connectivity index (χ2n) is 5.17. The van der Waals surface area contributed by atoms with Crippen LogP contribution in [0.2, 0.25) is 0 Å². The van der Waals surface area contributed by atoms with E-state index in [9.17, 15) is 0 Å². The molecular weight excluding hydrogens is 210 g/mol. The molecule has 1 saturated heterocycles. The zero-order valence-electron chi connectivity index (χ0n) is 11.1. The van der Waals surface area contributed by atoms with Gasteiger partial charge in [0.2, 0.25) is 0 Å². The lowest BCUT2D eigenvalue weighted by Gasteiger charge is -2.22. The lowest BCUT2D eigenvalue weighted by molar-refractivity contribution is 0.181. The van der Waals surface area contributed by atoms with E-state index in [2.05, 4.69) is 44.4 Å². The summed E-state index contributed by atoms with van der Waals surface area (Å²) in [5.41, 5.74) is 4.17. The average Bonchev–Trinajstić information content (AvgIpc) is 2.82. The van der Waals surface area contributed by atoms with Gasteiger partial charge in [-0.3, -0.25) is 0 Å². The topological polar surface area (TPSA) is 21.3 Å². The summed E-state index contributed by atoms with van der Waals surface area (Å²) >= 11 is 0. The molecule has 2 atom stereocenters. The summed E-state index contributed by atoms with van der Waals surface area (Å²) in [6.07, 6.45) is 2.39. The fourth-order valence-corrected chi connectivity index (χ4v) is 2.64. The Hall–Kier alpha value is -0.860. The van der Waals surface area contributed by atoms with Gasteiger partial charge in [-0.2, -0.15) is 0 Å². The molecule has 1 fully saturated rings. The maximum atomic E-state index is 5.46. The van der Waals surface area contributed by atoms with Crippen molar-refractivity contribution in [3.8, 4) is 0 Å². The zero-order valence-corrected chi connectivity index (χ0v) is 11.1. The molecule has 17 heavy (non-hydrogen) atoms. The predicted molar refractivity (Wildman–Crippen MR) is 71.3 cm³/mol. The fraction of sp³-hybridized carbons (Fsp3) is 0.600. The Kier molecular flexibility index (Phi) is 4.19. The summed E-state index contributed by atoms with van der Waals surface area (Å²) in [7, 11) is 2.06. The zero-order chi connectivity index (χ0) is 12.3. The number of hydrogen-bond acceptors (Lipinski definition) is 2. The number of nitrogens with one attached hydrogen (secondary N) is 1. The molecule has 0 saturated carbocycles. The van der Waals surface area contributed by atoms with Crippen LogP contribution in [0.1, 0.15) is 35.6 Å². The first-order valence-electron chi connectivity index (χ1n) is 6.53. The van der Waals surface area contributed by atoms with E-state index in [1.165, 1.54) is 29.5 Å². The van der Waals surface area contributed by atoms with Crippen molar-refractivity contribution < 1.29 is 4.74 Å². The first-order chi connectivity index (χ1) is 8.20. The number of benzene rings is 1. The maximum absolute atomic E-state index is 5.46. The molecule has 1 aliphatic heterocycles. The van der Waals surface area contributed by atoms with Gasteiger partial charge in [0.15, 0.2) is 0 Å². The molecule has 2 heteroatoms. The summed E-state index contributed by atoms with van der Waals surface area (Å²) in [4.78, 5) is 0. The maximum Gasteiger partial charge on any atom is 0.0495 e. The van der Waals surface area contributed by atoms with Crippen LogP contribution >= 0.6 is 0 Å². The first-order valence-corrected chi connectivity index (χ1v) is 6.53. The van der Waals surface area contributed by atoms with Gasteiger partial charge in [0.05, 0.1) is 0 Å². The van der Waals surface area contributed by atoms with E-state index in [-0.39, 0.29) is 0 Å². The van der Waals surface area contributed by atoms with Gasteiger partial charge in [0, 0.05) is 19.3 Å². The molecular formula is C15H23NO. The highest BCUT2D eigenvalue weighted by Gasteiger charge is 2.21. The minimum absolute atomic E-state index is 0.460. The highest BCUT2D eigenvalue weighted by Crippen LogP contribution is 2.28. The minimum atomic E-state index is 0.460. The molecule has 0 spiro atoms. The number of aryl methyl sites for hydroxylation is 2. The fourth-order valence-electron chi connectivity index (χ4n) is 2.64. The van der Waals surface area contributed by atoms with Crippen molar-refractivity contribution >= 4 is 0 Å². The minimum Gasteiger partial charge on any atom is -0.381 e. The third-order valence-corrected chi connectivity index (χ3v) is 3.75. The normalized spacial score (nSPS) is 21.7. The Labute approximate surface area is 104 Å². The van der Waals surface area contributed by atoms with Gasteiger partial charge in [-0.05, 0) is 50.8 Å². The molecule has 0 aliphatic carbocycles. The van der Waals surface area contributed by atoms with E-state index in [0.717, 1.165) is 13.2 Å². The van der Waals surface area contributed by atoms with Crippen LogP contribution in [0.3, 0.4) is 0 Å². The lowest BCUT2D eigenvalue weighted by atomic mass is 9.91. The Bertz CT molecular complexity index is 369. The van der Waals surface area contributed by atoms with Crippen LogP contribution in [0.25, 0.3) is 0 Å².